The normalized spacial score (nSPS) is 12.0. The average Bonchev–Trinajstić information content (AvgIpc) is 2.53. The van der Waals surface area contributed by atoms with Gasteiger partial charge in [-0.15, -0.1) is 0 Å². The number of halogens is 3. The Morgan fingerprint density at radius 3 is 2.81 bits per heavy atom. The average molecular weight is 231 g/mol. The van der Waals surface area contributed by atoms with Crippen molar-refractivity contribution in [2.75, 3.05) is 6.61 Å². The Labute approximate surface area is 88.7 Å². The van der Waals surface area contributed by atoms with Gasteiger partial charge in [-0.05, 0) is 12.1 Å². The van der Waals surface area contributed by atoms with Crippen LogP contribution in [0.5, 0.6) is 6.01 Å². The number of imidazole rings is 1. The quantitative estimate of drug-likeness (QED) is 0.792. The van der Waals surface area contributed by atoms with E-state index in [1.807, 2.05) is 0 Å². The Kier molecular flexibility index (Phi) is 2.45. The molecule has 0 unspecified atom stereocenters. The lowest BCUT2D eigenvalue weighted by molar-refractivity contribution is -0.155. The van der Waals surface area contributed by atoms with Gasteiger partial charge in [0, 0.05) is 13.2 Å². The second-order valence-corrected chi connectivity index (χ2v) is 3.20. The third-order valence-electron chi connectivity index (χ3n) is 1.95. The number of ether oxygens (including phenoxy) is 1. The Hall–Kier alpha value is -1.79. The minimum Gasteiger partial charge on any atom is -0.455 e. The van der Waals surface area contributed by atoms with E-state index < -0.39 is 12.8 Å². The van der Waals surface area contributed by atoms with Gasteiger partial charge in [0.2, 0.25) is 0 Å². The van der Waals surface area contributed by atoms with Crippen molar-refractivity contribution in [3.8, 4) is 6.01 Å². The number of hydrogen-bond donors (Lipinski definition) is 0. The van der Waals surface area contributed by atoms with Gasteiger partial charge < -0.3 is 4.74 Å². The van der Waals surface area contributed by atoms with E-state index in [0.29, 0.717) is 11.2 Å². The molecule has 0 radical (unpaired) electrons. The number of alkyl halides is 3. The molecule has 2 heterocycles. The molecule has 0 amide bonds. The molecule has 16 heavy (non-hydrogen) atoms. The Balaban J connectivity index is 2.28. The SMILES string of the molecule is Cn1c(OCC(F)(F)F)nc2cccnc21. The molecule has 0 aliphatic heterocycles. The van der Waals surface area contributed by atoms with Crippen molar-refractivity contribution in [1.82, 2.24) is 14.5 Å². The molecule has 0 aliphatic carbocycles. The van der Waals surface area contributed by atoms with Crippen LogP contribution in [0.2, 0.25) is 0 Å². The fourth-order valence-corrected chi connectivity index (χ4v) is 1.28. The third-order valence-corrected chi connectivity index (χ3v) is 1.95. The molecule has 0 aliphatic rings. The second-order valence-electron chi connectivity index (χ2n) is 3.20. The number of fused-ring (bicyclic) bond motifs is 1. The topological polar surface area (TPSA) is 39.9 Å². The summed E-state index contributed by atoms with van der Waals surface area (Å²) < 4.78 is 41.8. The number of pyridine rings is 1. The van der Waals surface area contributed by atoms with Gasteiger partial charge in [-0.3, -0.25) is 4.57 Å². The molecule has 0 saturated carbocycles. The number of hydrogen-bond acceptors (Lipinski definition) is 3. The number of aryl methyl sites for hydroxylation is 1. The van der Waals surface area contributed by atoms with Crippen molar-refractivity contribution in [2.45, 2.75) is 6.18 Å². The summed E-state index contributed by atoms with van der Waals surface area (Å²) in [6.45, 7) is -1.36. The molecule has 86 valence electrons. The first-order valence-corrected chi connectivity index (χ1v) is 4.44. The molecule has 2 rings (SSSR count). The molecule has 0 spiro atoms. The van der Waals surface area contributed by atoms with Crippen molar-refractivity contribution < 1.29 is 17.9 Å². The van der Waals surface area contributed by atoms with E-state index in [1.54, 1.807) is 19.2 Å². The van der Waals surface area contributed by atoms with Crippen LogP contribution < -0.4 is 4.74 Å². The van der Waals surface area contributed by atoms with Crippen molar-refractivity contribution in [2.24, 2.45) is 7.05 Å². The van der Waals surface area contributed by atoms with Crippen LogP contribution in [0.15, 0.2) is 18.3 Å². The summed E-state index contributed by atoms with van der Waals surface area (Å²) in [5, 5.41) is 0. The number of rotatable bonds is 2. The van der Waals surface area contributed by atoms with E-state index >= 15 is 0 Å². The maximum atomic E-state index is 12.0. The van der Waals surface area contributed by atoms with Gasteiger partial charge in [-0.1, -0.05) is 0 Å². The number of nitrogens with zero attached hydrogens (tertiary/aromatic N) is 3. The minimum absolute atomic E-state index is 0.0916. The highest BCUT2D eigenvalue weighted by Gasteiger charge is 2.29. The summed E-state index contributed by atoms with van der Waals surface area (Å²) in [6.07, 6.45) is -2.83. The minimum atomic E-state index is -4.37. The monoisotopic (exact) mass is 231 g/mol. The summed E-state index contributed by atoms with van der Waals surface area (Å²) in [5.74, 6) is 0. The predicted molar refractivity (Wildman–Crippen MR) is 50.1 cm³/mol. The summed E-state index contributed by atoms with van der Waals surface area (Å²) in [7, 11) is 1.55. The lowest BCUT2D eigenvalue weighted by Crippen LogP contribution is -2.20. The molecule has 0 N–H and O–H groups in total. The number of aromatic nitrogens is 3. The van der Waals surface area contributed by atoms with Gasteiger partial charge in [0.1, 0.15) is 5.52 Å². The van der Waals surface area contributed by atoms with Crippen molar-refractivity contribution in [3.05, 3.63) is 18.3 Å². The van der Waals surface area contributed by atoms with Crippen molar-refractivity contribution in [1.29, 1.82) is 0 Å². The first-order valence-electron chi connectivity index (χ1n) is 4.44. The predicted octanol–water partition coefficient (Wildman–Crippen LogP) is 1.91. The van der Waals surface area contributed by atoms with Gasteiger partial charge in [-0.2, -0.15) is 18.2 Å². The summed E-state index contributed by atoms with van der Waals surface area (Å²) in [5.41, 5.74) is 0.988. The van der Waals surface area contributed by atoms with Gasteiger partial charge in [-0.25, -0.2) is 4.98 Å². The highest BCUT2D eigenvalue weighted by atomic mass is 19.4. The highest BCUT2D eigenvalue weighted by molar-refractivity contribution is 5.71. The van der Waals surface area contributed by atoms with Crippen molar-refractivity contribution >= 4 is 11.2 Å². The molecule has 0 atom stereocenters. The van der Waals surface area contributed by atoms with Crippen LogP contribution in [0.4, 0.5) is 13.2 Å². The van der Waals surface area contributed by atoms with Crippen LogP contribution >= 0.6 is 0 Å². The maximum absolute atomic E-state index is 12.0. The molecule has 4 nitrogen and oxygen atoms in total. The van der Waals surface area contributed by atoms with E-state index in [4.69, 9.17) is 0 Å². The van der Waals surface area contributed by atoms with Gasteiger partial charge in [0.15, 0.2) is 12.3 Å². The Morgan fingerprint density at radius 1 is 1.44 bits per heavy atom. The fourth-order valence-electron chi connectivity index (χ4n) is 1.28. The first kappa shape index (κ1) is 10.7. The van der Waals surface area contributed by atoms with Crippen molar-refractivity contribution in [3.63, 3.8) is 0 Å². The smallest absolute Gasteiger partial charge is 0.422 e. The highest BCUT2D eigenvalue weighted by Crippen LogP contribution is 2.20. The molecule has 0 aromatic carbocycles. The van der Waals surface area contributed by atoms with E-state index in [0.717, 1.165) is 0 Å². The van der Waals surface area contributed by atoms with Crippen LogP contribution in [0.25, 0.3) is 11.2 Å². The molecule has 0 fully saturated rings. The lowest BCUT2D eigenvalue weighted by atomic mass is 10.4. The standard InChI is InChI=1S/C9H8F3N3O/c1-15-7-6(3-2-4-13-7)14-8(15)16-5-9(10,11)12/h2-4H,5H2,1H3. The summed E-state index contributed by atoms with van der Waals surface area (Å²) in [6, 6.07) is 3.22. The fraction of sp³-hybridized carbons (Fsp3) is 0.333. The van der Waals surface area contributed by atoms with Crippen LogP contribution in [0.1, 0.15) is 0 Å². The van der Waals surface area contributed by atoms with E-state index in [9.17, 15) is 13.2 Å². The van der Waals surface area contributed by atoms with Crippen LogP contribution in [0.3, 0.4) is 0 Å². The Bertz CT molecular complexity index is 506. The molecule has 2 aromatic heterocycles. The zero-order valence-electron chi connectivity index (χ0n) is 8.32. The van der Waals surface area contributed by atoms with Crippen LogP contribution in [0, 0.1) is 0 Å². The van der Waals surface area contributed by atoms with Crippen LogP contribution in [-0.2, 0) is 7.05 Å². The molecule has 7 heteroatoms. The first-order chi connectivity index (χ1) is 7.47. The molecule has 0 saturated heterocycles. The maximum Gasteiger partial charge on any atom is 0.422 e. The van der Waals surface area contributed by atoms with E-state index in [-0.39, 0.29) is 6.01 Å². The summed E-state index contributed by atoms with van der Waals surface area (Å²) >= 11 is 0. The lowest BCUT2D eigenvalue weighted by Gasteiger charge is -2.07. The van der Waals surface area contributed by atoms with Gasteiger partial charge in [0.25, 0.3) is 6.01 Å². The molecule has 2 aromatic rings. The zero-order valence-corrected chi connectivity index (χ0v) is 8.32. The second kappa shape index (κ2) is 3.66. The molecule has 0 bridgehead atoms. The van der Waals surface area contributed by atoms with Crippen LogP contribution in [-0.4, -0.2) is 27.3 Å². The largest absolute Gasteiger partial charge is 0.455 e. The molecular weight excluding hydrogens is 223 g/mol. The molecular formula is C9H8F3N3O. The van der Waals surface area contributed by atoms with Gasteiger partial charge >= 0.3 is 6.18 Å². The zero-order chi connectivity index (χ0) is 11.8. The third kappa shape index (κ3) is 2.07. The van der Waals surface area contributed by atoms with E-state index in [2.05, 4.69) is 14.7 Å². The van der Waals surface area contributed by atoms with Gasteiger partial charge in [0.05, 0.1) is 0 Å². The Morgan fingerprint density at radius 2 is 2.19 bits per heavy atom. The summed E-state index contributed by atoms with van der Waals surface area (Å²) in [4.78, 5) is 7.88. The van der Waals surface area contributed by atoms with E-state index in [1.165, 1.54) is 10.8 Å².